The van der Waals surface area contributed by atoms with Crippen molar-refractivity contribution in [2.45, 2.75) is 13.5 Å². The molecule has 0 spiro atoms. The van der Waals surface area contributed by atoms with Gasteiger partial charge < -0.3 is 21.4 Å². The van der Waals surface area contributed by atoms with Gasteiger partial charge in [-0.2, -0.15) is 0 Å². The Morgan fingerprint density at radius 1 is 1.26 bits per heavy atom. The Kier molecular flexibility index (Phi) is 5.47. The highest BCUT2D eigenvalue weighted by Gasteiger charge is 2.03. The quantitative estimate of drug-likeness (QED) is 0.300. The molecule has 1 aromatic heterocycles. The number of nitrogens with one attached hydrogen (secondary N) is 3. The van der Waals surface area contributed by atoms with E-state index in [-0.39, 0.29) is 0 Å². The molecule has 0 fully saturated rings. The van der Waals surface area contributed by atoms with Crippen LogP contribution in [0.1, 0.15) is 16.8 Å². The zero-order valence-electron chi connectivity index (χ0n) is 15.2. The van der Waals surface area contributed by atoms with Crippen molar-refractivity contribution in [3.05, 3.63) is 71.6 Å². The number of fused-ring (bicyclic) bond motifs is 1. The lowest BCUT2D eigenvalue weighted by molar-refractivity contribution is 1.07. The second-order valence-electron chi connectivity index (χ2n) is 6.19. The van der Waals surface area contributed by atoms with Crippen LogP contribution >= 0.6 is 0 Å². The van der Waals surface area contributed by atoms with Crippen molar-refractivity contribution in [1.82, 2.24) is 4.98 Å². The van der Waals surface area contributed by atoms with Crippen LogP contribution in [-0.2, 0) is 6.54 Å². The molecule has 0 aliphatic carbocycles. The van der Waals surface area contributed by atoms with Crippen molar-refractivity contribution in [3.63, 3.8) is 0 Å². The van der Waals surface area contributed by atoms with Gasteiger partial charge in [-0.25, -0.2) is 0 Å². The van der Waals surface area contributed by atoms with Crippen molar-refractivity contribution < 1.29 is 0 Å². The normalized spacial score (nSPS) is 11.8. The van der Waals surface area contributed by atoms with Gasteiger partial charge in [0.2, 0.25) is 0 Å². The molecule has 0 aliphatic rings. The first-order valence-electron chi connectivity index (χ1n) is 8.51. The first-order chi connectivity index (χ1) is 13.1. The number of nitrogen functional groups attached to an aromatic ring is 1. The summed E-state index contributed by atoms with van der Waals surface area (Å²) in [5, 5.41) is 11.9. The fourth-order valence-corrected chi connectivity index (χ4v) is 2.78. The number of hydrogen-bond donors (Lipinski definition) is 4. The Hall–Kier alpha value is -3.67. The van der Waals surface area contributed by atoms with Gasteiger partial charge in [0.1, 0.15) is 5.84 Å². The number of nitrogens with zero attached hydrogens (tertiary/aromatic N) is 2. The molecule has 5 N–H and O–H groups in total. The van der Waals surface area contributed by atoms with Crippen molar-refractivity contribution in [2.24, 2.45) is 9.98 Å². The molecule has 6 nitrogen and oxygen atoms in total. The molecule has 0 aliphatic heterocycles. The predicted molar refractivity (Wildman–Crippen MR) is 115 cm³/mol. The predicted octanol–water partition coefficient (Wildman–Crippen LogP) is 4.28. The molecule has 0 unspecified atom stereocenters. The summed E-state index contributed by atoms with van der Waals surface area (Å²) in [5.41, 5.74) is 11.2. The van der Waals surface area contributed by atoms with E-state index >= 15 is 0 Å². The Morgan fingerprint density at radius 2 is 2.11 bits per heavy atom. The number of amidine groups is 1. The van der Waals surface area contributed by atoms with Crippen molar-refractivity contribution in [2.75, 3.05) is 11.1 Å². The van der Waals surface area contributed by atoms with Crippen LogP contribution < -0.4 is 11.1 Å². The average molecular weight is 358 g/mol. The fraction of sp³-hybridized carbons (Fsp3) is 0.0952. The minimum atomic E-state index is 0.518. The largest absolute Gasteiger partial charge is 0.398 e. The molecule has 0 saturated carbocycles. The highest BCUT2D eigenvalue weighted by atomic mass is 15.0. The first-order valence-corrected chi connectivity index (χ1v) is 8.51. The zero-order chi connectivity index (χ0) is 19.2. The van der Waals surface area contributed by atoms with Gasteiger partial charge in [-0.15, -0.1) is 0 Å². The van der Waals surface area contributed by atoms with Gasteiger partial charge in [0.05, 0.1) is 6.54 Å². The van der Waals surface area contributed by atoms with Crippen LogP contribution in [0.2, 0.25) is 0 Å². The Morgan fingerprint density at radius 3 is 2.89 bits per heavy atom. The molecule has 1 heterocycles. The molecule has 3 aromatic rings. The van der Waals surface area contributed by atoms with Crippen LogP contribution in [-0.4, -0.2) is 23.8 Å². The molecule has 0 radical (unpaired) electrons. The molecule has 27 heavy (non-hydrogen) atoms. The lowest BCUT2D eigenvalue weighted by Crippen LogP contribution is -2.10. The second kappa shape index (κ2) is 8.14. The Balaban J connectivity index is 1.83. The number of H-pyrrole nitrogens is 1. The average Bonchev–Trinajstić information content (AvgIpc) is 3.04. The van der Waals surface area contributed by atoms with Crippen LogP contribution in [0.15, 0.2) is 64.7 Å². The summed E-state index contributed by atoms with van der Waals surface area (Å²) in [4.78, 5) is 11.7. The molecule has 0 bridgehead atoms. The number of anilines is 2. The maximum absolute atomic E-state index is 7.43. The number of hydrogen-bond acceptors (Lipinski definition) is 4. The summed E-state index contributed by atoms with van der Waals surface area (Å²) < 4.78 is 0. The minimum Gasteiger partial charge on any atom is -0.398 e. The van der Waals surface area contributed by atoms with Gasteiger partial charge >= 0.3 is 0 Å². The summed E-state index contributed by atoms with van der Waals surface area (Å²) in [5.74, 6) is 0.644. The number of benzene rings is 2. The van der Waals surface area contributed by atoms with Crippen LogP contribution in [0.25, 0.3) is 10.9 Å². The van der Waals surface area contributed by atoms with Crippen LogP contribution in [0.5, 0.6) is 0 Å². The Bertz CT molecular complexity index is 1040. The van der Waals surface area contributed by atoms with Crippen molar-refractivity contribution in [3.8, 4) is 0 Å². The van der Waals surface area contributed by atoms with E-state index in [4.69, 9.17) is 11.1 Å². The van der Waals surface area contributed by atoms with E-state index in [2.05, 4.69) is 51.3 Å². The molecule has 0 saturated heterocycles. The van der Waals surface area contributed by atoms with Gasteiger partial charge in [0.25, 0.3) is 0 Å². The molecular weight excluding hydrogens is 336 g/mol. The third kappa shape index (κ3) is 4.49. The van der Waals surface area contributed by atoms with Gasteiger partial charge in [-0.3, -0.25) is 9.98 Å². The molecular formula is C21H22N6. The lowest BCUT2D eigenvalue weighted by atomic mass is 10.1. The molecule has 0 atom stereocenters. The Labute approximate surface area is 158 Å². The lowest BCUT2D eigenvalue weighted by Gasteiger charge is -2.09. The number of aromatic nitrogens is 1. The van der Waals surface area contributed by atoms with Crippen molar-refractivity contribution in [1.29, 1.82) is 5.41 Å². The summed E-state index contributed by atoms with van der Waals surface area (Å²) in [6, 6.07) is 13.8. The van der Waals surface area contributed by atoms with E-state index in [1.807, 2.05) is 13.0 Å². The van der Waals surface area contributed by atoms with Crippen LogP contribution in [0.3, 0.4) is 0 Å². The molecule has 3 rings (SSSR count). The highest BCUT2D eigenvalue weighted by Crippen LogP contribution is 2.18. The van der Waals surface area contributed by atoms with Crippen LogP contribution in [0, 0.1) is 12.3 Å². The maximum Gasteiger partial charge on any atom is 0.127 e. The van der Waals surface area contributed by atoms with Gasteiger partial charge in [0.15, 0.2) is 0 Å². The molecule has 136 valence electrons. The van der Waals surface area contributed by atoms with E-state index in [0.717, 1.165) is 22.5 Å². The topological polar surface area (TPSA) is 102 Å². The number of aliphatic imine (C=N–C) groups is 2. The van der Waals surface area contributed by atoms with Crippen molar-refractivity contribution >= 4 is 41.0 Å². The first kappa shape index (κ1) is 18.1. The highest BCUT2D eigenvalue weighted by molar-refractivity contribution is 6.04. The van der Waals surface area contributed by atoms with E-state index in [9.17, 15) is 0 Å². The van der Waals surface area contributed by atoms with E-state index in [0.29, 0.717) is 23.6 Å². The van der Waals surface area contributed by atoms with E-state index in [1.54, 1.807) is 24.4 Å². The third-order valence-electron chi connectivity index (χ3n) is 4.11. The summed E-state index contributed by atoms with van der Waals surface area (Å²) >= 11 is 0. The fourth-order valence-electron chi connectivity index (χ4n) is 2.78. The van der Waals surface area contributed by atoms with Gasteiger partial charge in [0, 0.05) is 40.6 Å². The van der Waals surface area contributed by atoms with E-state index in [1.165, 1.54) is 11.6 Å². The number of nitrogens with two attached hydrogens (primary N) is 1. The SMILES string of the molecule is C=N/C=C\C(=NCc1ccc2cc(C)[nH]c2c1)Nc1ccc(N)c(C=N)c1. The summed E-state index contributed by atoms with van der Waals surface area (Å²) in [6.07, 6.45) is 4.56. The second-order valence-corrected chi connectivity index (χ2v) is 6.19. The van der Waals surface area contributed by atoms with Crippen LogP contribution in [0.4, 0.5) is 11.4 Å². The summed E-state index contributed by atoms with van der Waals surface area (Å²) in [7, 11) is 0. The number of rotatable bonds is 6. The van der Waals surface area contributed by atoms with Gasteiger partial charge in [-0.05, 0) is 61.0 Å². The monoisotopic (exact) mass is 358 g/mol. The maximum atomic E-state index is 7.43. The zero-order valence-corrected chi connectivity index (χ0v) is 15.2. The smallest absolute Gasteiger partial charge is 0.127 e. The van der Waals surface area contributed by atoms with Gasteiger partial charge in [-0.1, -0.05) is 12.1 Å². The molecule has 0 amide bonds. The standard InChI is InChI=1S/C21H22N6/c1-14-9-16-4-3-15(10-20(16)26-14)13-25-21(7-8-24-2)27-18-5-6-19(23)17(11-18)12-22/h3-12,22,26H,2,13,23H2,1H3,(H,25,27)/b8-7-,22-12?. The third-order valence-corrected chi connectivity index (χ3v) is 4.11. The molecule has 2 aromatic carbocycles. The molecule has 6 heteroatoms. The number of aromatic amines is 1. The minimum absolute atomic E-state index is 0.518. The number of aryl methyl sites for hydroxylation is 1. The van der Waals surface area contributed by atoms with E-state index < -0.39 is 0 Å². The summed E-state index contributed by atoms with van der Waals surface area (Å²) in [6.45, 7) is 6.03.